The largest absolute Gasteiger partial charge is 0.497 e. The van der Waals surface area contributed by atoms with Gasteiger partial charge < -0.3 is 14.5 Å². The van der Waals surface area contributed by atoms with Gasteiger partial charge in [0.05, 0.1) is 18.3 Å². The molecule has 0 N–H and O–H groups in total. The molecule has 1 saturated heterocycles. The van der Waals surface area contributed by atoms with Crippen LogP contribution < -0.4 is 14.5 Å². The number of hydrogen-bond acceptors (Lipinski definition) is 6. The van der Waals surface area contributed by atoms with E-state index in [1.165, 1.54) is 22.2 Å². The van der Waals surface area contributed by atoms with Crippen LogP contribution in [0.15, 0.2) is 60.8 Å². The number of methoxy groups -OCH3 is 1. The topological polar surface area (TPSA) is 54.4 Å². The third kappa shape index (κ3) is 4.60. The van der Waals surface area contributed by atoms with E-state index in [4.69, 9.17) is 14.7 Å². The van der Waals surface area contributed by atoms with Crippen LogP contribution in [-0.2, 0) is 6.42 Å². The predicted octanol–water partition coefficient (Wildman–Crippen LogP) is 4.57. The second kappa shape index (κ2) is 9.06. The maximum absolute atomic E-state index is 5.27. The van der Waals surface area contributed by atoms with E-state index in [1.807, 2.05) is 25.3 Å². The van der Waals surface area contributed by atoms with Gasteiger partial charge in [0.2, 0.25) is 5.95 Å². The summed E-state index contributed by atoms with van der Waals surface area (Å²) in [5, 5.41) is 1.21. The van der Waals surface area contributed by atoms with Crippen LogP contribution in [0.5, 0.6) is 5.75 Å². The average molecular weight is 440 g/mol. The Morgan fingerprint density at radius 3 is 2.36 bits per heavy atom. The third-order valence-electron chi connectivity index (χ3n) is 6.22. The van der Waals surface area contributed by atoms with Gasteiger partial charge in [-0.2, -0.15) is 0 Å². The smallest absolute Gasteiger partial charge is 0.225 e. The van der Waals surface area contributed by atoms with Crippen molar-refractivity contribution < 1.29 is 4.74 Å². The lowest BCUT2D eigenvalue weighted by molar-refractivity contribution is 0.414. The Hall–Kier alpha value is -3.67. The number of pyridine rings is 1. The zero-order chi connectivity index (χ0) is 22.8. The first kappa shape index (κ1) is 21.2. The molecule has 0 bridgehead atoms. The minimum Gasteiger partial charge on any atom is -0.497 e. The normalized spacial score (nSPS) is 14.0. The summed E-state index contributed by atoms with van der Waals surface area (Å²) in [4.78, 5) is 19.0. The lowest BCUT2D eigenvalue weighted by atomic mass is 10.1. The molecule has 1 fully saturated rings. The van der Waals surface area contributed by atoms with Crippen LogP contribution in [0.4, 0.5) is 11.6 Å². The summed E-state index contributed by atoms with van der Waals surface area (Å²) in [6.45, 7) is 7.79. The van der Waals surface area contributed by atoms with Crippen molar-refractivity contribution in [2.45, 2.75) is 20.3 Å². The van der Waals surface area contributed by atoms with Crippen molar-refractivity contribution in [1.29, 1.82) is 0 Å². The molecule has 168 valence electrons. The van der Waals surface area contributed by atoms with Crippen molar-refractivity contribution in [2.24, 2.45) is 0 Å². The highest BCUT2D eigenvalue weighted by atomic mass is 16.5. The Morgan fingerprint density at radius 2 is 1.61 bits per heavy atom. The fraction of sp³-hybridized carbons (Fsp3) is 0.296. The van der Waals surface area contributed by atoms with Crippen molar-refractivity contribution in [2.75, 3.05) is 43.1 Å². The average Bonchev–Trinajstić information content (AvgIpc) is 2.84. The second-order valence-electron chi connectivity index (χ2n) is 8.65. The van der Waals surface area contributed by atoms with Gasteiger partial charge in [0.1, 0.15) is 5.75 Å². The van der Waals surface area contributed by atoms with Crippen LogP contribution in [0, 0.1) is 13.8 Å². The molecule has 5 rings (SSSR count). The molecular weight excluding hydrogens is 410 g/mol. The molecule has 6 nitrogen and oxygen atoms in total. The maximum Gasteiger partial charge on any atom is 0.225 e. The molecule has 0 spiro atoms. The number of benzene rings is 2. The van der Waals surface area contributed by atoms with E-state index in [2.05, 4.69) is 64.2 Å². The van der Waals surface area contributed by atoms with E-state index < -0.39 is 0 Å². The minimum atomic E-state index is 0.780. The van der Waals surface area contributed by atoms with Gasteiger partial charge in [-0.1, -0.05) is 24.3 Å². The molecule has 4 aromatic rings. The fourth-order valence-corrected chi connectivity index (χ4v) is 4.47. The van der Waals surface area contributed by atoms with Crippen molar-refractivity contribution in [3.63, 3.8) is 0 Å². The van der Waals surface area contributed by atoms with Gasteiger partial charge in [-0.05, 0) is 55.3 Å². The van der Waals surface area contributed by atoms with E-state index in [0.717, 1.165) is 61.2 Å². The number of ether oxygens (including phenoxy) is 1. The predicted molar refractivity (Wildman–Crippen MR) is 133 cm³/mol. The summed E-state index contributed by atoms with van der Waals surface area (Å²) in [5.74, 6) is 1.70. The summed E-state index contributed by atoms with van der Waals surface area (Å²) in [6.07, 6.45) is 2.70. The van der Waals surface area contributed by atoms with Gasteiger partial charge in [0.25, 0.3) is 0 Å². The molecule has 0 unspecified atom stereocenters. The molecule has 33 heavy (non-hydrogen) atoms. The van der Waals surface area contributed by atoms with Crippen molar-refractivity contribution in [3.05, 3.63) is 83.3 Å². The molecule has 3 heterocycles. The molecule has 2 aromatic carbocycles. The summed E-state index contributed by atoms with van der Waals surface area (Å²) in [7, 11) is 1.69. The molecule has 0 radical (unpaired) electrons. The Bertz CT molecular complexity index is 1260. The second-order valence-corrected chi connectivity index (χ2v) is 8.65. The number of fused-ring (bicyclic) bond motifs is 1. The van der Waals surface area contributed by atoms with E-state index in [-0.39, 0.29) is 0 Å². The van der Waals surface area contributed by atoms with Crippen LogP contribution in [0.3, 0.4) is 0 Å². The zero-order valence-electron chi connectivity index (χ0n) is 19.5. The highest BCUT2D eigenvalue weighted by Crippen LogP contribution is 2.27. The van der Waals surface area contributed by atoms with Crippen molar-refractivity contribution in [3.8, 4) is 5.75 Å². The molecule has 0 saturated carbocycles. The standard InChI is InChI=1S/C27H29N5O/c1-19-4-9-24-25(16-19)28-11-10-26(24)31-12-14-32(15-13-31)27-29-20(2)17-22(30-27)18-21-5-7-23(33-3)8-6-21/h4-11,16-17H,12-15,18H2,1-3H3. The molecule has 1 aliphatic rings. The minimum absolute atomic E-state index is 0.780. The summed E-state index contributed by atoms with van der Waals surface area (Å²) in [5.41, 5.74) is 6.80. The molecule has 0 atom stereocenters. The molecule has 1 aliphatic heterocycles. The molecule has 6 heteroatoms. The Kier molecular flexibility index (Phi) is 5.82. The van der Waals surface area contributed by atoms with E-state index in [0.29, 0.717) is 0 Å². The highest BCUT2D eigenvalue weighted by molar-refractivity contribution is 5.92. The SMILES string of the molecule is COc1ccc(Cc2cc(C)nc(N3CCN(c4ccnc5cc(C)ccc45)CC3)n2)cc1. The summed E-state index contributed by atoms with van der Waals surface area (Å²) >= 11 is 0. The van der Waals surface area contributed by atoms with Gasteiger partial charge in [-0.15, -0.1) is 0 Å². The molecular formula is C27H29N5O. The summed E-state index contributed by atoms with van der Waals surface area (Å²) < 4.78 is 5.27. The highest BCUT2D eigenvalue weighted by Gasteiger charge is 2.21. The van der Waals surface area contributed by atoms with Crippen LogP contribution in [-0.4, -0.2) is 48.2 Å². The number of aromatic nitrogens is 3. The number of nitrogens with zero attached hydrogens (tertiary/aromatic N) is 5. The van der Waals surface area contributed by atoms with Gasteiger partial charge in [-0.25, -0.2) is 9.97 Å². The molecule has 2 aromatic heterocycles. The Labute approximate surface area is 194 Å². The zero-order valence-corrected chi connectivity index (χ0v) is 19.5. The van der Waals surface area contributed by atoms with E-state index >= 15 is 0 Å². The van der Waals surface area contributed by atoms with E-state index in [9.17, 15) is 0 Å². The van der Waals surface area contributed by atoms with Gasteiger partial charge in [0.15, 0.2) is 0 Å². The number of piperazine rings is 1. The first-order chi connectivity index (χ1) is 16.1. The Balaban J connectivity index is 1.31. The lowest BCUT2D eigenvalue weighted by Crippen LogP contribution is -2.47. The summed E-state index contributed by atoms with van der Waals surface area (Å²) in [6, 6.07) is 18.9. The first-order valence-corrected chi connectivity index (χ1v) is 11.4. The van der Waals surface area contributed by atoms with Gasteiger partial charge >= 0.3 is 0 Å². The van der Waals surface area contributed by atoms with Gasteiger partial charge in [0, 0.05) is 55.6 Å². The number of rotatable bonds is 5. The van der Waals surface area contributed by atoms with Crippen LogP contribution >= 0.6 is 0 Å². The Morgan fingerprint density at radius 1 is 0.848 bits per heavy atom. The first-order valence-electron chi connectivity index (χ1n) is 11.4. The van der Waals surface area contributed by atoms with E-state index in [1.54, 1.807) is 7.11 Å². The van der Waals surface area contributed by atoms with Crippen LogP contribution in [0.2, 0.25) is 0 Å². The molecule has 0 aliphatic carbocycles. The van der Waals surface area contributed by atoms with Crippen molar-refractivity contribution >= 4 is 22.5 Å². The lowest BCUT2D eigenvalue weighted by Gasteiger charge is -2.36. The maximum atomic E-state index is 5.27. The van der Waals surface area contributed by atoms with Crippen LogP contribution in [0.25, 0.3) is 10.9 Å². The quantitative estimate of drug-likeness (QED) is 0.454. The van der Waals surface area contributed by atoms with Crippen LogP contribution in [0.1, 0.15) is 22.5 Å². The third-order valence-corrected chi connectivity index (χ3v) is 6.22. The number of aryl methyl sites for hydroxylation is 2. The van der Waals surface area contributed by atoms with Gasteiger partial charge in [-0.3, -0.25) is 4.98 Å². The number of hydrogen-bond donors (Lipinski definition) is 0. The van der Waals surface area contributed by atoms with Crippen molar-refractivity contribution in [1.82, 2.24) is 15.0 Å². The fourth-order valence-electron chi connectivity index (χ4n) is 4.47. The number of anilines is 2. The molecule has 0 amide bonds. The monoisotopic (exact) mass is 439 g/mol.